The number of aryl methyl sites for hydroxylation is 1. The molecule has 0 saturated carbocycles. The van der Waals surface area contributed by atoms with Crippen LogP contribution in [0.2, 0.25) is 0 Å². The zero-order valence-corrected chi connectivity index (χ0v) is 13.6. The molecular formula is C17H27N3. The van der Waals surface area contributed by atoms with Crippen molar-refractivity contribution in [1.29, 1.82) is 0 Å². The molecule has 2 N–H and O–H groups in total. The van der Waals surface area contributed by atoms with Crippen LogP contribution in [-0.2, 0) is 7.05 Å². The predicted octanol–water partition coefficient (Wildman–Crippen LogP) is 3.17. The van der Waals surface area contributed by atoms with Crippen LogP contribution in [0.25, 0.3) is 10.9 Å². The molecule has 1 aromatic heterocycles. The van der Waals surface area contributed by atoms with Crippen molar-refractivity contribution in [2.75, 3.05) is 20.6 Å². The number of nitrogens with two attached hydrogens (primary N) is 1. The molecule has 0 bridgehead atoms. The number of hydrogen-bond donors (Lipinski definition) is 1. The smallest absolute Gasteiger partial charge is 0.0488 e. The summed E-state index contributed by atoms with van der Waals surface area (Å²) in [5.41, 5.74) is 11.4. The lowest BCUT2D eigenvalue weighted by Gasteiger charge is -2.23. The molecule has 20 heavy (non-hydrogen) atoms. The van der Waals surface area contributed by atoms with Crippen LogP contribution in [0.15, 0.2) is 18.2 Å². The number of aromatic nitrogens is 1. The van der Waals surface area contributed by atoms with Gasteiger partial charge in [-0.15, -0.1) is 0 Å². The summed E-state index contributed by atoms with van der Waals surface area (Å²) in [6.45, 7) is 7.31. The van der Waals surface area contributed by atoms with Gasteiger partial charge in [0, 0.05) is 36.2 Å². The Kier molecular flexibility index (Phi) is 4.21. The number of hydrogen-bond acceptors (Lipinski definition) is 2. The standard InChI is InChI=1S/C17H27N3/c1-11(2)13-7-8-15-14(9-13)17(12(3)20(15)6)16(10-18)19(4)5/h7-9,11,16H,10,18H2,1-6H3. The largest absolute Gasteiger partial charge is 0.348 e. The van der Waals surface area contributed by atoms with Crippen LogP contribution in [0.4, 0.5) is 0 Å². The fraction of sp³-hybridized carbons (Fsp3) is 0.529. The van der Waals surface area contributed by atoms with E-state index in [9.17, 15) is 0 Å². The van der Waals surface area contributed by atoms with Crippen LogP contribution >= 0.6 is 0 Å². The molecule has 0 amide bonds. The highest BCUT2D eigenvalue weighted by Gasteiger charge is 2.21. The van der Waals surface area contributed by atoms with Gasteiger partial charge in [-0.05, 0) is 50.2 Å². The average Bonchev–Trinajstić information content (AvgIpc) is 2.64. The molecule has 2 aromatic rings. The fourth-order valence-electron chi connectivity index (χ4n) is 2.98. The van der Waals surface area contributed by atoms with Gasteiger partial charge in [0.05, 0.1) is 0 Å². The van der Waals surface area contributed by atoms with Gasteiger partial charge in [0.15, 0.2) is 0 Å². The molecule has 1 atom stereocenters. The van der Waals surface area contributed by atoms with E-state index in [1.54, 1.807) is 0 Å². The average molecular weight is 273 g/mol. The molecule has 3 heteroatoms. The van der Waals surface area contributed by atoms with E-state index in [-0.39, 0.29) is 6.04 Å². The lowest BCUT2D eigenvalue weighted by Crippen LogP contribution is -2.27. The van der Waals surface area contributed by atoms with Crippen LogP contribution in [0.1, 0.15) is 42.6 Å². The number of likely N-dealkylation sites (N-methyl/N-ethyl adjacent to an activating group) is 1. The molecule has 0 radical (unpaired) electrons. The van der Waals surface area contributed by atoms with Gasteiger partial charge in [0.1, 0.15) is 0 Å². The Hall–Kier alpha value is -1.32. The zero-order valence-electron chi connectivity index (χ0n) is 13.6. The number of benzene rings is 1. The van der Waals surface area contributed by atoms with Gasteiger partial charge in [0.2, 0.25) is 0 Å². The van der Waals surface area contributed by atoms with Crippen molar-refractivity contribution in [2.24, 2.45) is 12.8 Å². The monoisotopic (exact) mass is 273 g/mol. The van der Waals surface area contributed by atoms with E-state index < -0.39 is 0 Å². The molecule has 0 fully saturated rings. The van der Waals surface area contributed by atoms with Crippen LogP contribution in [-0.4, -0.2) is 30.1 Å². The highest BCUT2D eigenvalue weighted by Crippen LogP contribution is 2.33. The van der Waals surface area contributed by atoms with E-state index in [4.69, 9.17) is 5.73 Å². The van der Waals surface area contributed by atoms with Crippen LogP contribution in [0, 0.1) is 6.92 Å². The van der Waals surface area contributed by atoms with Gasteiger partial charge in [-0.2, -0.15) is 0 Å². The Morgan fingerprint density at radius 1 is 1.25 bits per heavy atom. The molecular weight excluding hydrogens is 246 g/mol. The molecule has 0 saturated heterocycles. The first-order valence-corrected chi connectivity index (χ1v) is 7.33. The molecule has 0 aliphatic heterocycles. The summed E-state index contributed by atoms with van der Waals surface area (Å²) in [6, 6.07) is 7.09. The summed E-state index contributed by atoms with van der Waals surface area (Å²) >= 11 is 0. The predicted molar refractivity (Wildman–Crippen MR) is 87.2 cm³/mol. The summed E-state index contributed by atoms with van der Waals surface area (Å²) in [7, 11) is 6.34. The first kappa shape index (κ1) is 15.1. The maximum atomic E-state index is 6.02. The Labute approximate surface area is 122 Å². The highest BCUT2D eigenvalue weighted by molar-refractivity contribution is 5.87. The summed E-state index contributed by atoms with van der Waals surface area (Å²) in [5, 5.41) is 1.35. The Balaban J connectivity index is 2.74. The molecule has 110 valence electrons. The van der Waals surface area contributed by atoms with Gasteiger partial charge in [0.25, 0.3) is 0 Å². The quantitative estimate of drug-likeness (QED) is 0.928. The van der Waals surface area contributed by atoms with E-state index in [0.29, 0.717) is 12.5 Å². The Bertz CT molecular complexity index is 608. The van der Waals surface area contributed by atoms with Gasteiger partial charge >= 0.3 is 0 Å². The minimum atomic E-state index is 0.265. The zero-order chi connectivity index (χ0) is 15.0. The topological polar surface area (TPSA) is 34.2 Å². The molecule has 1 unspecified atom stereocenters. The van der Waals surface area contributed by atoms with Crippen molar-refractivity contribution in [3.63, 3.8) is 0 Å². The second-order valence-corrected chi connectivity index (χ2v) is 6.20. The van der Waals surface area contributed by atoms with E-state index in [0.717, 1.165) is 0 Å². The van der Waals surface area contributed by atoms with Crippen molar-refractivity contribution in [3.05, 3.63) is 35.0 Å². The third-order valence-corrected chi connectivity index (χ3v) is 4.41. The van der Waals surface area contributed by atoms with E-state index in [2.05, 4.69) is 69.6 Å². The molecule has 1 aromatic carbocycles. The molecule has 0 aliphatic carbocycles. The summed E-state index contributed by atoms with van der Waals surface area (Å²) < 4.78 is 2.28. The molecule has 0 spiro atoms. The number of nitrogens with zero attached hydrogens (tertiary/aromatic N) is 2. The van der Waals surface area contributed by atoms with Crippen LogP contribution in [0.3, 0.4) is 0 Å². The summed E-state index contributed by atoms with van der Waals surface area (Å²) in [6.07, 6.45) is 0. The minimum absolute atomic E-state index is 0.265. The molecule has 0 aliphatic rings. The maximum Gasteiger partial charge on any atom is 0.0488 e. The second kappa shape index (κ2) is 5.58. The first-order chi connectivity index (χ1) is 9.38. The summed E-state index contributed by atoms with van der Waals surface area (Å²) in [5.74, 6) is 0.545. The SMILES string of the molecule is Cc1c(C(CN)N(C)C)c2cc(C(C)C)ccc2n1C. The summed E-state index contributed by atoms with van der Waals surface area (Å²) in [4.78, 5) is 2.21. The second-order valence-electron chi connectivity index (χ2n) is 6.20. The van der Waals surface area contributed by atoms with Crippen molar-refractivity contribution in [2.45, 2.75) is 32.7 Å². The Morgan fingerprint density at radius 2 is 1.90 bits per heavy atom. The van der Waals surface area contributed by atoms with E-state index in [1.807, 2.05) is 0 Å². The van der Waals surface area contributed by atoms with Gasteiger partial charge in [-0.1, -0.05) is 19.9 Å². The fourth-order valence-corrected chi connectivity index (χ4v) is 2.98. The first-order valence-electron chi connectivity index (χ1n) is 7.33. The lowest BCUT2D eigenvalue weighted by atomic mass is 9.97. The van der Waals surface area contributed by atoms with Crippen LogP contribution < -0.4 is 5.73 Å². The number of fused-ring (bicyclic) bond motifs is 1. The van der Waals surface area contributed by atoms with E-state index >= 15 is 0 Å². The maximum absolute atomic E-state index is 6.02. The van der Waals surface area contributed by atoms with Crippen molar-refractivity contribution in [3.8, 4) is 0 Å². The van der Waals surface area contributed by atoms with Crippen molar-refractivity contribution >= 4 is 10.9 Å². The van der Waals surface area contributed by atoms with Gasteiger partial charge in [-0.25, -0.2) is 0 Å². The Morgan fingerprint density at radius 3 is 2.40 bits per heavy atom. The minimum Gasteiger partial charge on any atom is -0.348 e. The van der Waals surface area contributed by atoms with Crippen molar-refractivity contribution in [1.82, 2.24) is 9.47 Å². The van der Waals surface area contributed by atoms with E-state index in [1.165, 1.54) is 27.7 Å². The molecule has 3 nitrogen and oxygen atoms in total. The van der Waals surface area contributed by atoms with Crippen molar-refractivity contribution < 1.29 is 0 Å². The van der Waals surface area contributed by atoms with Gasteiger partial charge < -0.3 is 15.2 Å². The normalized spacial score (nSPS) is 13.7. The molecule has 1 heterocycles. The molecule has 2 rings (SSSR count). The number of rotatable bonds is 4. The van der Waals surface area contributed by atoms with Crippen LogP contribution in [0.5, 0.6) is 0 Å². The lowest BCUT2D eigenvalue weighted by molar-refractivity contribution is 0.306. The highest BCUT2D eigenvalue weighted by atomic mass is 15.1. The third-order valence-electron chi connectivity index (χ3n) is 4.41. The third kappa shape index (κ3) is 2.36. The van der Waals surface area contributed by atoms with Gasteiger partial charge in [-0.3, -0.25) is 0 Å².